The summed E-state index contributed by atoms with van der Waals surface area (Å²) in [6.45, 7) is 3.00. The predicted molar refractivity (Wildman–Crippen MR) is 75.2 cm³/mol. The Morgan fingerprint density at radius 2 is 2.11 bits per heavy atom. The van der Waals surface area contributed by atoms with Gasteiger partial charge in [0.1, 0.15) is 12.1 Å². The zero-order valence-electron chi connectivity index (χ0n) is 11.0. The van der Waals surface area contributed by atoms with Crippen LogP contribution in [0.3, 0.4) is 0 Å². The zero-order valence-corrected chi connectivity index (χ0v) is 11.0. The first kappa shape index (κ1) is 11.6. The number of pyridine rings is 1. The monoisotopic (exact) mass is 253 g/mol. The highest BCUT2D eigenvalue weighted by molar-refractivity contribution is 5.63. The Bertz CT molecular complexity index is 704. The molecule has 3 aromatic heterocycles. The molecule has 0 bridgehead atoms. The molecule has 0 amide bonds. The van der Waals surface area contributed by atoms with Gasteiger partial charge in [-0.1, -0.05) is 6.07 Å². The number of rotatable bonds is 3. The fourth-order valence-electron chi connectivity index (χ4n) is 2.00. The van der Waals surface area contributed by atoms with E-state index in [1.807, 2.05) is 41.9 Å². The molecule has 3 heterocycles. The molecule has 0 aliphatic carbocycles. The highest BCUT2D eigenvalue weighted by Gasteiger charge is 2.08. The van der Waals surface area contributed by atoms with Gasteiger partial charge in [-0.05, 0) is 25.1 Å². The number of anilines is 1. The third kappa shape index (κ3) is 2.03. The Labute approximate surface area is 111 Å². The zero-order chi connectivity index (χ0) is 13.2. The van der Waals surface area contributed by atoms with Crippen molar-refractivity contribution in [3.63, 3.8) is 0 Å². The van der Waals surface area contributed by atoms with Crippen LogP contribution in [0.1, 0.15) is 6.92 Å². The van der Waals surface area contributed by atoms with Crippen molar-refractivity contribution in [2.45, 2.75) is 6.92 Å². The second-order valence-corrected chi connectivity index (χ2v) is 4.35. The second kappa shape index (κ2) is 4.68. The maximum absolute atomic E-state index is 4.36. The molecule has 5 nitrogen and oxygen atoms in total. The lowest BCUT2D eigenvalue weighted by Gasteiger charge is -2.15. The minimum absolute atomic E-state index is 0.875. The maximum Gasteiger partial charge on any atom is 0.132 e. The smallest absolute Gasteiger partial charge is 0.132 e. The number of hydrogen-bond donors (Lipinski definition) is 0. The van der Waals surface area contributed by atoms with Gasteiger partial charge in [-0.15, -0.1) is 0 Å². The first-order valence-corrected chi connectivity index (χ1v) is 6.26. The van der Waals surface area contributed by atoms with E-state index in [1.54, 1.807) is 12.5 Å². The topological polar surface area (TPSA) is 46.3 Å². The quantitative estimate of drug-likeness (QED) is 0.718. The Morgan fingerprint density at radius 1 is 1.21 bits per heavy atom. The van der Waals surface area contributed by atoms with E-state index in [9.17, 15) is 0 Å². The summed E-state index contributed by atoms with van der Waals surface area (Å²) < 4.78 is 1.89. The fraction of sp³-hybridized carbons (Fsp3) is 0.214. The average Bonchev–Trinajstić information content (AvgIpc) is 2.94. The highest BCUT2D eigenvalue weighted by Crippen LogP contribution is 2.20. The Balaban J connectivity index is 2.14. The molecule has 0 saturated carbocycles. The van der Waals surface area contributed by atoms with Crippen LogP contribution in [0.25, 0.3) is 16.9 Å². The van der Waals surface area contributed by atoms with Crippen LogP contribution in [-0.2, 0) is 0 Å². The lowest BCUT2D eigenvalue weighted by molar-refractivity contribution is 0.922. The van der Waals surface area contributed by atoms with Crippen LogP contribution < -0.4 is 4.90 Å². The molecule has 0 unspecified atom stereocenters. The minimum Gasteiger partial charge on any atom is -0.360 e. The van der Waals surface area contributed by atoms with Gasteiger partial charge in [0.2, 0.25) is 0 Å². The van der Waals surface area contributed by atoms with Crippen LogP contribution in [0.4, 0.5) is 5.82 Å². The fourth-order valence-corrected chi connectivity index (χ4v) is 2.00. The molecule has 0 N–H and O–H groups in total. The molecule has 0 aliphatic rings. The van der Waals surface area contributed by atoms with Crippen molar-refractivity contribution in [1.29, 1.82) is 0 Å². The summed E-state index contributed by atoms with van der Waals surface area (Å²) in [5.74, 6) is 0.914. The van der Waals surface area contributed by atoms with Crippen LogP contribution >= 0.6 is 0 Å². The molecule has 0 radical (unpaired) electrons. The Morgan fingerprint density at radius 3 is 2.95 bits per heavy atom. The SMILES string of the molecule is CCN(C)c1cc(-c2cccc3ccnn23)ncn1. The van der Waals surface area contributed by atoms with E-state index in [0.717, 1.165) is 29.3 Å². The van der Waals surface area contributed by atoms with Gasteiger partial charge in [0.25, 0.3) is 0 Å². The van der Waals surface area contributed by atoms with Crippen LogP contribution in [0, 0.1) is 0 Å². The molecular formula is C14H15N5. The van der Waals surface area contributed by atoms with Gasteiger partial charge < -0.3 is 4.90 Å². The van der Waals surface area contributed by atoms with E-state index in [2.05, 4.69) is 26.9 Å². The molecule has 0 fully saturated rings. The van der Waals surface area contributed by atoms with E-state index >= 15 is 0 Å². The summed E-state index contributed by atoms with van der Waals surface area (Å²) in [6, 6.07) is 10.0. The van der Waals surface area contributed by atoms with Gasteiger partial charge in [-0.2, -0.15) is 5.10 Å². The molecule has 0 aromatic carbocycles. The van der Waals surface area contributed by atoms with Gasteiger partial charge in [0.05, 0.1) is 23.1 Å². The number of aromatic nitrogens is 4. The normalized spacial score (nSPS) is 10.8. The molecular weight excluding hydrogens is 238 g/mol. The Hall–Kier alpha value is -2.43. The number of hydrogen-bond acceptors (Lipinski definition) is 4. The third-order valence-electron chi connectivity index (χ3n) is 3.20. The molecule has 3 rings (SSSR count). The summed E-state index contributed by atoms with van der Waals surface area (Å²) in [4.78, 5) is 10.7. The molecule has 0 atom stereocenters. The van der Waals surface area contributed by atoms with Crippen molar-refractivity contribution >= 4 is 11.3 Å². The number of nitrogens with zero attached hydrogens (tertiary/aromatic N) is 5. The molecule has 0 spiro atoms. The van der Waals surface area contributed by atoms with Crippen molar-refractivity contribution in [1.82, 2.24) is 19.6 Å². The number of fused-ring (bicyclic) bond motifs is 1. The largest absolute Gasteiger partial charge is 0.360 e. The van der Waals surface area contributed by atoms with Crippen molar-refractivity contribution in [3.05, 3.63) is 42.9 Å². The lowest BCUT2D eigenvalue weighted by Crippen LogP contribution is -2.17. The second-order valence-electron chi connectivity index (χ2n) is 4.35. The molecule has 0 aliphatic heterocycles. The van der Waals surface area contributed by atoms with Gasteiger partial charge in [-0.3, -0.25) is 0 Å². The molecule has 19 heavy (non-hydrogen) atoms. The van der Waals surface area contributed by atoms with Crippen LogP contribution in [-0.4, -0.2) is 33.2 Å². The van der Waals surface area contributed by atoms with Gasteiger partial charge in [0.15, 0.2) is 0 Å². The van der Waals surface area contributed by atoms with Crippen molar-refractivity contribution in [2.24, 2.45) is 0 Å². The molecule has 96 valence electrons. The van der Waals surface area contributed by atoms with Crippen molar-refractivity contribution in [3.8, 4) is 11.4 Å². The van der Waals surface area contributed by atoms with E-state index in [0.29, 0.717) is 0 Å². The summed E-state index contributed by atoms with van der Waals surface area (Å²) in [5.41, 5.74) is 2.90. The van der Waals surface area contributed by atoms with Crippen LogP contribution in [0.2, 0.25) is 0 Å². The lowest BCUT2D eigenvalue weighted by atomic mass is 10.2. The van der Waals surface area contributed by atoms with Gasteiger partial charge >= 0.3 is 0 Å². The van der Waals surface area contributed by atoms with Crippen molar-refractivity contribution in [2.75, 3.05) is 18.5 Å². The van der Waals surface area contributed by atoms with E-state index in [-0.39, 0.29) is 0 Å². The Kier molecular flexibility index (Phi) is 2.87. The maximum atomic E-state index is 4.36. The summed E-state index contributed by atoms with van der Waals surface area (Å²) in [5, 5.41) is 4.33. The van der Waals surface area contributed by atoms with Crippen molar-refractivity contribution < 1.29 is 0 Å². The van der Waals surface area contributed by atoms with E-state index < -0.39 is 0 Å². The molecule has 0 saturated heterocycles. The predicted octanol–water partition coefficient (Wildman–Crippen LogP) is 2.25. The van der Waals surface area contributed by atoms with Crippen LogP contribution in [0.15, 0.2) is 42.9 Å². The van der Waals surface area contributed by atoms with Crippen LogP contribution in [0.5, 0.6) is 0 Å². The summed E-state index contributed by atoms with van der Waals surface area (Å²) >= 11 is 0. The summed E-state index contributed by atoms with van der Waals surface area (Å²) in [7, 11) is 2.01. The third-order valence-corrected chi connectivity index (χ3v) is 3.20. The minimum atomic E-state index is 0.875. The molecule has 3 aromatic rings. The highest BCUT2D eigenvalue weighted by atomic mass is 15.2. The van der Waals surface area contributed by atoms with Gasteiger partial charge in [0, 0.05) is 19.7 Å². The standard InChI is InChI=1S/C14H15N5/c1-3-18(2)14-9-12(15-10-16-14)13-6-4-5-11-7-8-17-19(11)13/h4-10H,3H2,1-2H3. The van der Waals surface area contributed by atoms with E-state index in [4.69, 9.17) is 0 Å². The van der Waals surface area contributed by atoms with Gasteiger partial charge in [-0.25, -0.2) is 14.5 Å². The first-order valence-electron chi connectivity index (χ1n) is 6.26. The molecule has 5 heteroatoms. The van der Waals surface area contributed by atoms with E-state index in [1.165, 1.54) is 0 Å². The first-order chi connectivity index (χ1) is 9.29. The summed E-state index contributed by atoms with van der Waals surface area (Å²) in [6.07, 6.45) is 3.39. The average molecular weight is 253 g/mol.